The van der Waals surface area contributed by atoms with Crippen molar-refractivity contribution in [3.63, 3.8) is 0 Å². The summed E-state index contributed by atoms with van der Waals surface area (Å²) >= 11 is 1.27. The maximum absolute atomic E-state index is 12.3. The van der Waals surface area contributed by atoms with Gasteiger partial charge in [0.15, 0.2) is 0 Å². The molecular formula is C21H19N3O3S. The molecule has 0 unspecified atom stereocenters. The number of aromatic nitrogens is 2. The number of ether oxygens (including phenoxy) is 1. The number of hydrogen-bond acceptors (Lipinski definition) is 6. The van der Waals surface area contributed by atoms with E-state index in [0.717, 1.165) is 11.3 Å². The Morgan fingerprint density at radius 1 is 0.964 bits per heavy atom. The lowest BCUT2D eigenvalue weighted by Crippen LogP contribution is -2.17. The smallest absolute Gasteiger partial charge is 0.340 e. The van der Waals surface area contributed by atoms with Gasteiger partial charge in [-0.3, -0.25) is 4.79 Å². The van der Waals surface area contributed by atoms with Gasteiger partial charge in [-0.05, 0) is 31.2 Å². The van der Waals surface area contributed by atoms with Gasteiger partial charge in [-0.25, -0.2) is 4.79 Å². The first kappa shape index (κ1) is 19.6. The Hall–Kier alpha value is -3.19. The molecule has 3 aromatic rings. The lowest BCUT2D eigenvalue weighted by molar-refractivity contribution is -0.113. The van der Waals surface area contributed by atoms with Crippen molar-refractivity contribution in [1.29, 1.82) is 0 Å². The molecule has 0 aliphatic rings. The minimum absolute atomic E-state index is 0.149. The molecule has 1 heterocycles. The van der Waals surface area contributed by atoms with Crippen LogP contribution in [0.5, 0.6) is 0 Å². The summed E-state index contributed by atoms with van der Waals surface area (Å²) in [5.41, 5.74) is 2.52. The fourth-order valence-corrected chi connectivity index (χ4v) is 3.08. The topological polar surface area (TPSA) is 81.2 Å². The second-order valence-electron chi connectivity index (χ2n) is 5.73. The normalized spacial score (nSPS) is 10.3. The fraction of sp³-hybridized carbons (Fsp3) is 0.143. The van der Waals surface area contributed by atoms with Crippen molar-refractivity contribution in [2.45, 2.75) is 11.9 Å². The Morgan fingerprint density at radius 2 is 1.71 bits per heavy atom. The van der Waals surface area contributed by atoms with Crippen molar-refractivity contribution >= 4 is 29.3 Å². The van der Waals surface area contributed by atoms with Crippen LogP contribution < -0.4 is 5.32 Å². The van der Waals surface area contributed by atoms with Gasteiger partial charge in [0.25, 0.3) is 0 Å². The van der Waals surface area contributed by atoms with Crippen LogP contribution in [0.25, 0.3) is 11.3 Å². The minimum atomic E-state index is -0.464. The number of amides is 1. The van der Waals surface area contributed by atoms with Crippen molar-refractivity contribution in [3.8, 4) is 11.3 Å². The average molecular weight is 393 g/mol. The van der Waals surface area contributed by atoms with Crippen LogP contribution in [-0.2, 0) is 9.53 Å². The zero-order chi connectivity index (χ0) is 19.8. The number of hydrogen-bond donors (Lipinski definition) is 1. The van der Waals surface area contributed by atoms with Crippen LogP contribution in [0.4, 0.5) is 5.69 Å². The maximum Gasteiger partial charge on any atom is 0.340 e. The molecule has 0 radical (unpaired) electrons. The highest BCUT2D eigenvalue weighted by Crippen LogP contribution is 2.21. The molecule has 7 heteroatoms. The van der Waals surface area contributed by atoms with Gasteiger partial charge >= 0.3 is 5.97 Å². The van der Waals surface area contributed by atoms with E-state index in [2.05, 4.69) is 15.5 Å². The number of benzene rings is 2. The zero-order valence-electron chi connectivity index (χ0n) is 15.3. The molecule has 3 rings (SSSR count). The van der Waals surface area contributed by atoms with E-state index in [1.54, 1.807) is 31.2 Å². The molecule has 6 nitrogen and oxygen atoms in total. The first-order valence-electron chi connectivity index (χ1n) is 8.75. The number of esters is 1. The predicted octanol–water partition coefficient (Wildman–Crippen LogP) is 4.05. The number of nitrogens with zero attached hydrogens (tertiary/aromatic N) is 2. The molecule has 28 heavy (non-hydrogen) atoms. The predicted molar refractivity (Wildman–Crippen MR) is 109 cm³/mol. The average Bonchev–Trinajstić information content (AvgIpc) is 2.74. The van der Waals surface area contributed by atoms with Crippen LogP contribution in [0.2, 0.25) is 0 Å². The molecule has 0 bridgehead atoms. The monoisotopic (exact) mass is 393 g/mol. The summed E-state index contributed by atoms with van der Waals surface area (Å²) in [6.07, 6.45) is 0. The van der Waals surface area contributed by atoms with Crippen LogP contribution in [0.3, 0.4) is 0 Å². The van der Waals surface area contributed by atoms with Crippen molar-refractivity contribution in [3.05, 3.63) is 72.3 Å². The summed E-state index contributed by atoms with van der Waals surface area (Å²) in [6, 6.07) is 20.2. The summed E-state index contributed by atoms with van der Waals surface area (Å²) in [6.45, 7) is 2.01. The van der Waals surface area contributed by atoms with Crippen LogP contribution in [0.15, 0.2) is 71.8 Å². The molecule has 0 fully saturated rings. The third-order valence-electron chi connectivity index (χ3n) is 3.76. The molecule has 0 aliphatic heterocycles. The molecule has 1 aromatic heterocycles. The quantitative estimate of drug-likeness (QED) is 0.482. The van der Waals surface area contributed by atoms with E-state index >= 15 is 0 Å². The number of rotatable bonds is 7. The van der Waals surface area contributed by atoms with Gasteiger partial charge in [-0.2, -0.15) is 0 Å². The highest BCUT2D eigenvalue weighted by atomic mass is 32.2. The highest BCUT2D eigenvalue weighted by Gasteiger charge is 2.14. The lowest BCUT2D eigenvalue weighted by atomic mass is 10.1. The molecule has 0 aliphatic carbocycles. The summed E-state index contributed by atoms with van der Waals surface area (Å²) < 4.78 is 5.01. The third kappa shape index (κ3) is 5.17. The molecule has 142 valence electrons. The summed E-state index contributed by atoms with van der Waals surface area (Å²) in [5.74, 6) is -0.555. The molecule has 1 N–H and O–H groups in total. The highest BCUT2D eigenvalue weighted by molar-refractivity contribution is 7.99. The number of thioether (sulfide) groups is 1. The van der Waals surface area contributed by atoms with Crippen LogP contribution in [-0.4, -0.2) is 34.4 Å². The number of anilines is 1. The van der Waals surface area contributed by atoms with Gasteiger partial charge in [-0.15, -0.1) is 10.2 Å². The van der Waals surface area contributed by atoms with Crippen molar-refractivity contribution in [2.75, 3.05) is 17.7 Å². The minimum Gasteiger partial charge on any atom is -0.462 e. The van der Waals surface area contributed by atoms with E-state index in [4.69, 9.17) is 4.74 Å². The number of carbonyl (C=O) groups excluding carboxylic acids is 2. The van der Waals surface area contributed by atoms with Gasteiger partial charge in [0, 0.05) is 5.56 Å². The lowest BCUT2D eigenvalue weighted by Gasteiger charge is -2.10. The van der Waals surface area contributed by atoms with Gasteiger partial charge < -0.3 is 10.1 Å². The van der Waals surface area contributed by atoms with Crippen molar-refractivity contribution < 1.29 is 14.3 Å². The standard InChI is InChI=1S/C21H19N3O3S/c1-2-27-21(26)16-10-6-7-11-18(16)22-19(25)14-28-20-13-12-17(23-24-20)15-8-4-3-5-9-15/h3-13H,2,14H2,1H3,(H,22,25). The van der Waals surface area contributed by atoms with Crippen molar-refractivity contribution in [2.24, 2.45) is 0 Å². The largest absolute Gasteiger partial charge is 0.462 e. The second kappa shape index (κ2) is 9.66. The first-order chi connectivity index (χ1) is 13.7. The molecular weight excluding hydrogens is 374 g/mol. The van der Waals surface area contributed by atoms with E-state index in [0.29, 0.717) is 16.3 Å². The third-order valence-corrected chi connectivity index (χ3v) is 4.68. The van der Waals surface area contributed by atoms with Crippen LogP contribution in [0.1, 0.15) is 17.3 Å². The zero-order valence-corrected chi connectivity index (χ0v) is 16.1. The van der Waals surface area contributed by atoms with E-state index in [9.17, 15) is 9.59 Å². The maximum atomic E-state index is 12.3. The summed E-state index contributed by atoms with van der Waals surface area (Å²) in [4.78, 5) is 24.3. The van der Waals surface area contributed by atoms with Crippen molar-refractivity contribution in [1.82, 2.24) is 10.2 Å². The molecule has 2 aromatic carbocycles. The van der Waals surface area contributed by atoms with Gasteiger partial charge in [0.2, 0.25) is 5.91 Å². The molecule has 0 spiro atoms. The number of carbonyl (C=O) groups is 2. The fourth-order valence-electron chi connectivity index (χ4n) is 2.46. The molecule has 0 saturated carbocycles. The van der Waals surface area contributed by atoms with Gasteiger partial charge in [-0.1, -0.05) is 54.2 Å². The molecule has 0 saturated heterocycles. The van der Waals surface area contributed by atoms with Gasteiger partial charge in [0.05, 0.1) is 29.3 Å². The Balaban J connectivity index is 1.59. The van der Waals surface area contributed by atoms with Gasteiger partial charge in [0.1, 0.15) is 5.03 Å². The van der Waals surface area contributed by atoms with E-state index in [1.165, 1.54) is 11.8 Å². The summed E-state index contributed by atoms with van der Waals surface area (Å²) in [7, 11) is 0. The Labute approximate surface area is 167 Å². The number of nitrogens with one attached hydrogen (secondary N) is 1. The Kier molecular flexibility index (Phi) is 6.75. The first-order valence-corrected chi connectivity index (χ1v) is 9.74. The number of para-hydroxylation sites is 1. The van der Waals surface area contributed by atoms with Crippen LogP contribution >= 0.6 is 11.8 Å². The Bertz CT molecular complexity index is 947. The van der Waals surface area contributed by atoms with E-state index < -0.39 is 5.97 Å². The molecule has 0 atom stereocenters. The molecule has 1 amide bonds. The second-order valence-corrected chi connectivity index (χ2v) is 6.72. The SMILES string of the molecule is CCOC(=O)c1ccccc1NC(=O)CSc1ccc(-c2ccccc2)nn1. The van der Waals surface area contributed by atoms with E-state index in [-0.39, 0.29) is 18.3 Å². The van der Waals surface area contributed by atoms with E-state index in [1.807, 2.05) is 42.5 Å². The van der Waals surface area contributed by atoms with Crippen LogP contribution in [0, 0.1) is 0 Å². The summed E-state index contributed by atoms with van der Waals surface area (Å²) in [5, 5.41) is 11.8. The Morgan fingerprint density at radius 3 is 2.43 bits per heavy atom.